The molecular formula is C20H25Cl2N3O3. The highest BCUT2D eigenvalue weighted by Crippen LogP contribution is 2.20. The number of ketones is 1. The van der Waals surface area contributed by atoms with Gasteiger partial charge in [0, 0.05) is 34.9 Å². The molecule has 0 aliphatic carbocycles. The number of carboxylic acids is 1. The van der Waals surface area contributed by atoms with Crippen molar-refractivity contribution in [1.29, 1.82) is 0 Å². The highest BCUT2D eigenvalue weighted by molar-refractivity contribution is 6.34. The van der Waals surface area contributed by atoms with Crippen molar-refractivity contribution >= 4 is 35.0 Å². The Hall–Kier alpha value is -1.89. The summed E-state index contributed by atoms with van der Waals surface area (Å²) in [4.78, 5) is 27.9. The number of imidazole rings is 1. The molecule has 1 aromatic carbocycles. The van der Waals surface area contributed by atoms with Gasteiger partial charge in [-0.25, -0.2) is 4.98 Å². The number of carboxylic acid groups (broad SMARTS) is 1. The average Bonchev–Trinajstić information content (AvgIpc) is 2.98. The Kier molecular flexibility index (Phi) is 8.04. The molecule has 6 nitrogen and oxygen atoms in total. The maximum absolute atomic E-state index is 11.9. The van der Waals surface area contributed by atoms with Gasteiger partial charge in [0.1, 0.15) is 11.8 Å². The van der Waals surface area contributed by atoms with Crippen LogP contribution < -0.4 is 5.32 Å². The van der Waals surface area contributed by atoms with Crippen LogP contribution in [-0.4, -0.2) is 38.5 Å². The van der Waals surface area contributed by atoms with Crippen LogP contribution in [0.5, 0.6) is 0 Å². The second-order valence-electron chi connectivity index (χ2n) is 7.34. The summed E-state index contributed by atoms with van der Waals surface area (Å²) < 4.78 is 1.85. The van der Waals surface area contributed by atoms with Gasteiger partial charge in [-0.05, 0) is 43.0 Å². The SMILES string of the molecule is CC(=O)C(CC(C)C)N[C@@H](Cc1cncn1Cc1cc(Cl)cc(Cl)c1)C(=O)O. The molecule has 1 aromatic heterocycles. The zero-order valence-corrected chi connectivity index (χ0v) is 17.7. The zero-order chi connectivity index (χ0) is 20.8. The molecule has 2 rings (SSSR count). The van der Waals surface area contributed by atoms with Gasteiger partial charge in [-0.15, -0.1) is 0 Å². The Bertz CT molecular complexity index is 816. The van der Waals surface area contributed by atoms with Crippen LogP contribution in [0.1, 0.15) is 38.4 Å². The van der Waals surface area contributed by atoms with Gasteiger partial charge in [0.25, 0.3) is 0 Å². The third kappa shape index (κ3) is 6.62. The Morgan fingerprint density at radius 1 is 1.18 bits per heavy atom. The molecule has 8 heteroatoms. The zero-order valence-electron chi connectivity index (χ0n) is 16.2. The van der Waals surface area contributed by atoms with Crippen LogP contribution in [0.4, 0.5) is 0 Å². The smallest absolute Gasteiger partial charge is 0.321 e. The van der Waals surface area contributed by atoms with E-state index in [0.717, 1.165) is 11.3 Å². The highest BCUT2D eigenvalue weighted by Gasteiger charge is 2.26. The molecule has 2 aromatic rings. The Morgan fingerprint density at radius 2 is 1.82 bits per heavy atom. The molecule has 0 fully saturated rings. The molecule has 28 heavy (non-hydrogen) atoms. The summed E-state index contributed by atoms with van der Waals surface area (Å²) in [5, 5.41) is 13.7. The van der Waals surface area contributed by atoms with Crippen LogP contribution in [0.25, 0.3) is 0 Å². The summed E-state index contributed by atoms with van der Waals surface area (Å²) in [6.45, 7) is 5.94. The molecule has 0 saturated carbocycles. The molecule has 0 amide bonds. The van der Waals surface area contributed by atoms with E-state index in [1.54, 1.807) is 30.7 Å². The lowest BCUT2D eigenvalue weighted by molar-refractivity contribution is -0.139. The fourth-order valence-corrected chi connectivity index (χ4v) is 3.62. The summed E-state index contributed by atoms with van der Waals surface area (Å²) in [6, 6.07) is 3.87. The second kappa shape index (κ2) is 10.0. The van der Waals surface area contributed by atoms with Gasteiger partial charge in [0.05, 0.1) is 12.4 Å². The first-order chi connectivity index (χ1) is 13.2. The first-order valence-corrected chi connectivity index (χ1v) is 9.84. The summed E-state index contributed by atoms with van der Waals surface area (Å²) in [6.07, 6.45) is 4.06. The van der Waals surface area contributed by atoms with Crippen molar-refractivity contribution in [2.45, 2.75) is 52.2 Å². The topological polar surface area (TPSA) is 84.2 Å². The largest absolute Gasteiger partial charge is 0.480 e. The molecule has 2 N–H and O–H groups in total. The van der Waals surface area contributed by atoms with Crippen LogP contribution in [0.15, 0.2) is 30.7 Å². The Balaban J connectivity index is 2.17. The monoisotopic (exact) mass is 425 g/mol. The summed E-state index contributed by atoms with van der Waals surface area (Å²) in [5.41, 5.74) is 1.63. The van der Waals surface area contributed by atoms with E-state index in [1.807, 2.05) is 18.4 Å². The van der Waals surface area contributed by atoms with Crippen molar-refractivity contribution in [1.82, 2.24) is 14.9 Å². The van der Waals surface area contributed by atoms with Gasteiger partial charge in [0.15, 0.2) is 0 Å². The van der Waals surface area contributed by atoms with Crippen molar-refractivity contribution in [3.8, 4) is 0 Å². The van der Waals surface area contributed by atoms with Crippen LogP contribution in [0, 0.1) is 5.92 Å². The van der Waals surface area contributed by atoms with Crippen molar-refractivity contribution in [2.24, 2.45) is 5.92 Å². The number of aromatic nitrogens is 2. The fourth-order valence-electron chi connectivity index (χ4n) is 3.05. The maximum atomic E-state index is 11.9. The predicted molar refractivity (Wildman–Crippen MR) is 110 cm³/mol. The summed E-state index contributed by atoms with van der Waals surface area (Å²) in [5.74, 6) is -0.801. The molecule has 0 aliphatic rings. The van der Waals surface area contributed by atoms with E-state index in [9.17, 15) is 14.7 Å². The number of carbonyl (C=O) groups excluding carboxylic acids is 1. The van der Waals surface area contributed by atoms with Gasteiger partial charge in [-0.1, -0.05) is 37.0 Å². The number of carbonyl (C=O) groups is 2. The fraction of sp³-hybridized carbons (Fsp3) is 0.450. The molecule has 2 atom stereocenters. The molecule has 0 radical (unpaired) electrons. The number of halogens is 2. The van der Waals surface area contributed by atoms with E-state index in [0.29, 0.717) is 23.0 Å². The number of nitrogens with zero attached hydrogens (tertiary/aromatic N) is 2. The van der Waals surface area contributed by atoms with Crippen molar-refractivity contribution < 1.29 is 14.7 Å². The normalized spacial score (nSPS) is 13.5. The number of aliphatic carboxylic acids is 1. The van der Waals surface area contributed by atoms with Crippen LogP contribution in [0.3, 0.4) is 0 Å². The minimum absolute atomic E-state index is 0.0676. The lowest BCUT2D eigenvalue weighted by atomic mass is 9.99. The lowest BCUT2D eigenvalue weighted by Crippen LogP contribution is -2.48. The second-order valence-corrected chi connectivity index (χ2v) is 8.22. The van der Waals surface area contributed by atoms with Crippen molar-refractivity contribution in [2.75, 3.05) is 0 Å². The first kappa shape index (κ1) is 22.4. The summed E-state index contributed by atoms with van der Waals surface area (Å²) >= 11 is 12.1. The molecule has 1 unspecified atom stereocenters. The quantitative estimate of drug-likeness (QED) is 0.603. The molecule has 0 bridgehead atoms. The average molecular weight is 426 g/mol. The predicted octanol–water partition coefficient (Wildman–Crippen LogP) is 3.83. The van der Waals surface area contributed by atoms with Gasteiger partial charge in [-0.2, -0.15) is 0 Å². The highest BCUT2D eigenvalue weighted by atomic mass is 35.5. The third-order valence-electron chi connectivity index (χ3n) is 4.39. The number of Topliss-reactive ketones (excluding diaryl/α,β-unsaturated/α-hetero) is 1. The summed E-state index contributed by atoms with van der Waals surface area (Å²) in [7, 11) is 0. The molecule has 152 valence electrons. The molecule has 1 heterocycles. The molecule has 0 aliphatic heterocycles. The number of rotatable bonds is 10. The van der Waals surface area contributed by atoms with E-state index in [1.165, 1.54) is 6.92 Å². The Labute approximate surface area is 174 Å². The van der Waals surface area contributed by atoms with E-state index < -0.39 is 18.1 Å². The van der Waals surface area contributed by atoms with Gasteiger partial charge in [0.2, 0.25) is 0 Å². The number of hydrogen-bond donors (Lipinski definition) is 2. The van der Waals surface area contributed by atoms with Gasteiger partial charge in [-0.3, -0.25) is 14.9 Å². The standard InChI is InChI=1S/C20H25Cl2N3O3/c1-12(2)4-18(13(3)26)24-19(20(27)28)8-17-9-23-11-25(17)10-14-5-15(21)7-16(22)6-14/h5-7,9,11-12,18-19,24H,4,8,10H2,1-3H3,(H,27,28)/t18?,19-/m0/s1. The molecular weight excluding hydrogens is 401 g/mol. The van der Waals surface area contributed by atoms with E-state index >= 15 is 0 Å². The maximum Gasteiger partial charge on any atom is 0.321 e. The van der Waals surface area contributed by atoms with Crippen LogP contribution in [0.2, 0.25) is 10.0 Å². The first-order valence-electron chi connectivity index (χ1n) is 9.09. The van der Waals surface area contributed by atoms with Crippen LogP contribution in [-0.2, 0) is 22.6 Å². The van der Waals surface area contributed by atoms with Crippen LogP contribution >= 0.6 is 23.2 Å². The van der Waals surface area contributed by atoms with Gasteiger partial charge < -0.3 is 9.67 Å². The third-order valence-corrected chi connectivity index (χ3v) is 4.82. The van der Waals surface area contributed by atoms with Gasteiger partial charge >= 0.3 is 5.97 Å². The minimum Gasteiger partial charge on any atom is -0.480 e. The number of nitrogens with one attached hydrogen (secondary N) is 1. The number of hydrogen-bond acceptors (Lipinski definition) is 4. The molecule has 0 spiro atoms. The lowest BCUT2D eigenvalue weighted by Gasteiger charge is -2.23. The molecule has 0 saturated heterocycles. The minimum atomic E-state index is -1.01. The van der Waals surface area contributed by atoms with E-state index in [2.05, 4.69) is 10.3 Å². The van der Waals surface area contributed by atoms with E-state index in [-0.39, 0.29) is 18.1 Å². The van der Waals surface area contributed by atoms with Crippen molar-refractivity contribution in [3.05, 3.63) is 52.0 Å². The Morgan fingerprint density at radius 3 is 2.36 bits per heavy atom. The number of benzene rings is 1. The van der Waals surface area contributed by atoms with Crippen molar-refractivity contribution in [3.63, 3.8) is 0 Å². The van der Waals surface area contributed by atoms with E-state index in [4.69, 9.17) is 23.2 Å².